The SMILES string of the molecule is CC(C)CC(=O)NCCC(=O)N1NCCC[C@H]1C(=O)[C@H](NC(=O)COC(=O)/C=C/C(=O)N1CCC(NC(=O)OC(C)(C)C)CC1)C(C)C. The van der Waals surface area contributed by atoms with Crippen molar-refractivity contribution >= 4 is 41.5 Å². The minimum absolute atomic E-state index is 0.00881. The van der Waals surface area contributed by atoms with Crippen molar-refractivity contribution in [3.63, 3.8) is 0 Å². The first-order valence-corrected chi connectivity index (χ1v) is 16.8. The van der Waals surface area contributed by atoms with E-state index >= 15 is 0 Å². The number of nitrogens with zero attached hydrogens (tertiary/aromatic N) is 2. The highest BCUT2D eigenvalue weighted by Gasteiger charge is 2.38. The summed E-state index contributed by atoms with van der Waals surface area (Å²) in [6.45, 7) is 13.4. The number of carbonyl (C=O) groups excluding carboxylic acids is 7. The third-order valence-electron chi connectivity index (χ3n) is 7.62. The van der Waals surface area contributed by atoms with Crippen molar-refractivity contribution in [2.45, 2.75) is 111 Å². The Morgan fingerprint density at radius 1 is 0.938 bits per heavy atom. The Kier molecular flexibility index (Phi) is 16.0. The van der Waals surface area contributed by atoms with Gasteiger partial charge in [-0.1, -0.05) is 27.7 Å². The highest BCUT2D eigenvalue weighted by Crippen LogP contribution is 2.18. The Labute approximate surface area is 283 Å². The second-order valence-electron chi connectivity index (χ2n) is 13.9. The second kappa shape index (κ2) is 19.1. The lowest BCUT2D eigenvalue weighted by Gasteiger charge is -2.37. The molecule has 15 nitrogen and oxygen atoms in total. The number of Topliss-reactive ketones (excluding diaryl/α,β-unsaturated/α-hetero) is 1. The molecule has 15 heteroatoms. The van der Waals surface area contributed by atoms with Gasteiger partial charge in [0.05, 0.1) is 6.04 Å². The summed E-state index contributed by atoms with van der Waals surface area (Å²) in [5, 5.41) is 9.44. The monoisotopic (exact) mass is 678 g/mol. The maximum atomic E-state index is 13.6. The molecule has 48 heavy (non-hydrogen) atoms. The molecule has 2 heterocycles. The topological polar surface area (TPSA) is 193 Å². The molecule has 0 aromatic heterocycles. The molecular weight excluding hydrogens is 624 g/mol. The van der Waals surface area contributed by atoms with Crippen molar-refractivity contribution < 1.29 is 43.0 Å². The molecule has 4 N–H and O–H groups in total. The quantitative estimate of drug-likeness (QED) is 0.154. The van der Waals surface area contributed by atoms with Crippen LogP contribution >= 0.6 is 0 Å². The number of nitrogens with one attached hydrogen (secondary N) is 4. The molecule has 2 atom stereocenters. The summed E-state index contributed by atoms with van der Waals surface area (Å²) in [6, 6.07) is -1.91. The zero-order valence-corrected chi connectivity index (χ0v) is 29.4. The molecule has 270 valence electrons. The fourth-order valence-electron chi connectivity index (χ4n) is 5.27. The third kappa shape index (κ3) is 14.4. The summed E-state index contributed by atoms with van der Waals surface area (Å²) in [6.07, 6.45) is 3.96. The van der Waals surface area contributed by atoms with Gasteiger partial charge in [-0.15, -0.1) is 0 Å². The first kappa shape index (κ1) is 40.2. The predicted octanol–water partition coefficient (Wildman–Crippen LogP) is 1.36. The average Bonchev–Trinajstić information content (AvgIpc) is 3.00. The van der Waals surface area contributed by atoms with Crippen LogP contribution in [0.3, 0.4) is 0 Å². The van der Waals surface area contributed by atoms with Crippen LogP contribution in [0.5, 0.6) is 0 Å². The van der Waals surface area contributed by atoms with Gasteiger partial charge >= 0.3 is 12.1 Å². The fraction of sp³-hybridized carbons (Fsp3) is 0.727. The third-order valence-corrected chi connectivity index (χ3v) is 7.62. The van der Waals surface area contributed by atoms with Gasteiger partial charge in [0.25, 0.3) is 5.91 Å². The highest BCUT2D eigenvalue weighted by molar-refractivity contribution is 5.97. The van der Waals surface area contributed by atoms with Crippen LogP contribution < -0.4 is 21.4 Å². The summed E-state index contributed by atoms with van der Waals surface area (Å²) in [7, 11) is 0. The van der Waals surface area contributed by atoms with Crippen LogP contribution in [0.25, 0.3) is 0 Å². The van der Waals surface area contributed by atoms with Gasteiger partial charge in [-0.25, -0.2) is 15.0 Å². The Morgan fingerprint density at radius 2 is 1.60 bits per heavy atom. The van der Waals surface area contributed by atoms with E-state index in [1.807, 2.05) is 13.8 Å². The first-order valence-electron chi connectivity index (χ1n) is 16.8. The van der Waals surface area contributed by atoms with Gasteiger partial charge in [0.1, 0.15) is 11.6 Å². The van der Waals surface area contributed by atoms with E-state index in [4.69, 9.17) is 9.47 Å². The van der Waals surface area contributed by atoms with Crippen molar-refractivity contribution in [2.24, 2.45) is 11.8 Å². The molecule has 2 saturated heterocycles. The average molecular weight is 679 g/mol. The van der Waals surface area contributed by atoms with E-state index in [1.165, 1.54) is 5.01 Å². The van der Waals surface area contributed by atoms with Crippen LogP contribution in [0.1, 0.15) is 87.0 Å². The van der Waals surface area contributed by atoms with Crippen LogP contribution in [0.2, 0.25) is 0 Å². The zero-order chi connectivity index (χ0) is 36.0. The smallest absolute Gasteiger partial charge is 0.407 e. The summed E-state index contributed by atoms with van der Waals surface area (Å²) in [5.41, 5.74) is 2.37. The van der Waals surface area contributed by atoms with Crippen molar-refractivity contribution in [1.82, 2.24) is 31.3 Å². The maximum absolute atomic E-state index is 13.6. The number of likely N-dealkylation sites (tertiary alicyclic amines) is 1. The molecule has 2 fully saturated rings. The van der Waals surface area contributed by atoms with Crippen LogP contribution in [-0.2, 0) is 38.2 Å². The molecule has 0 spiro atoms. The van der Waals surface area contributed by atoms with Crippen molar-refractivity contribution in [3.8, 4) is 0 Å². The lowest BCUT2D eigenvalue weighted by atomic mass is 9.91. The number of amides is 5. The number of alkyl carbamates (subject to hydrolysis) is 1. The molecular formula is C33H54N6O9. The summed E-state index contributed by atoms with van der Waals surface area (Å²) in [5.74, 6) is -2.99. The Bertz CT molecular complexity index is 1190. The molecule has 2 aliphatic heterocycles. The van der Waals surface area contributed by atoms with E-state index in [9.17, 15) is 33.6 Å². The summed E-state index contributed by atoms with van der Waals surface area (Å²) >= 11 is 0. The molecule has 0 unspecified atom stereocenters. The van der Waals surface area contributed by atoms with E-state index in [0.29, 0.717) is 51.7 Å². The number of piperidine rings is 1. The van der Waals surface area contributed by atoms with Gasteiger partial charge in [0, 0.05) is 57.2 Å². The van der Waals surface area contributed by atoms with Gasteiger partial charge in [0.15, 0.2) is 12.4 Å². The van der Waals surface area contributed by atoms with Gasteiger partial charge in [0.2, 0.25) is 17.7 Å². The number of esters is 1. The fourth-order valence-corrected chi connectivity index (χ4v) is 5.27. The molecule has 0 aromatic rings. The minimum Gasteiger partial charge on any atom is -0.452 e. The number of carbonyl (C=O) groups is 7. The molecule has 0 radical (unpaired) electrons. The van der Waals surface area contributed by atoms with Crippen molar-refractivity contribution in [1.29, 1.82) is 0 Å². The summed E-state index contributed by atoms with van der Waals surface area (Å²) in [4.78, 5) is 89.5. The molecule has 0 bridgehead atoms. The minimum atomic E-state index is -0.952. The van der Waals surface area contributed by atoms with Crippen LogP contribution in [0.4, 0.5) is 4.79 Å². The molecule has 2 rings (SSSR count). The van der Waals surface area contributed by atoms with Gasteiger partial charge < -0.3 is 30.3 Å². The molecule has 0 aliphatic carbocycles. The number of ether oxygens (including phenoxy) is 2. The molecule has 2 aliphatic rings. The van der Waals surface area contributed by atoms with Crippen LogP contribution in [0.15, 0.2) is 12.2 Å². The van der Waals surface area contributed by atoms with Crippen molar-refractivity contribution in [2.75, 3.05) is 32.8 Å². The molecule has 5 amide bonds. The van der Waals surface area contributed by atoms with E-state index in [2.05, 4.69) is 21.4 Å². The largest absolute Gasteiger partial charge is 0.452 e. The van der Waals surface area contributed by atoms with Crippen LogP contribution in [0, 0.1) is 11.8 Å². The van der Waals surface area contributed by atoms with Crippen molar-refractivity contribution in [3.05, 3.63) is 12.2 Å². The second-order valence-corrected chi connectivity index (χ2v) is 13.9. The summed E-state index contributed by atoms with van der Waals surface area (Å²) < 4.78 is 10.3. The van der Waals surface area contributed by atoms with Gasteiger partial charge in [-0.2, -0.15) is 0 Å². The number of hydrogen-bond acceptors (Lipinski definition) is 10. The lowest BCUT2D eigenvalue weighted by molar-refractivity contribution is -0.148. The molecule has 0 aromatic carbocycles. The Morgan fingerprint density at radius 3 is 2.21 bits per heavy atom. The number of ketones is 1. The van der Waals surface area contributed by atoms with E-state index < -0.39 is 48.2 Å². The molecule has 0 saturated carbocycles. The number of rotatable bonds is 14. The van der Waals surface area contributed by atoms with Crippen LogP contribution in [-0.4, -0.2) is 108 Å². The Hall–Kier alpha value is -4.01. The first-order chi connectivity index (χ1) is 22.5. The van der Waals surface area contributed by atoms with E-state index in [-0.39, 0.29) is 48.4 Å². The van der Waals surface area contributed by atoms with E-state index in [0.717, 1.165) is 12.2 Å². The number of hydrogen-bond donors (Lipinski definition) is 4. The number of hydrazine groups is 1. The standard InChI is InChI=1S/C33H54N6O9/c1-21(2)19-25(40)34-16-12-28(43)39-24(9-8-15-35-39)31(45)30(22(3)4)37-26(41)20-47-29(44)11-10-27(42)38-17-13-23(14-18-38)36-32(46)48-33(5,6)7/h10-11,21-24,30,35H,8-9,12-20H2,1-7H3,(H,34,40)(H,36,46)(H,37,41)/b11-10+/t24-,30+/m0/s1. The maximum Gasteiger partial charge on any atom is 0.407 e. The lowest BCUT2D eigenvalue weighted by Crippen LogP contribution is -2.61. The van der Waals surface area contributed by atoms with E-state index in [1.54, 1.807) is 39.5 Å². The zero-order valence-electron chi connectivity index (χ0n) is 29.4. The normalized spacial score (nSPS) is 18.0. The predicted molar refractivity (Wildman–Crippen MR) is 176 cm³/mol. The van der Waals surface area contributed by atoms with Gasteiger partial charge in [-0.05, 0) is 58.3 Å². The van der Waals surface area contributed by atoms with Gasteiger partial charge in [-0.3, -0.25) is 29.0 Å². The highest BCUT2D eigenvalue weighted by atomic mass is 16.6. The Balaban J connectivity index is 1.83.